The molecule has 5 nitrogen and oxygen atoms in total. The van der Waals surface area contributed by atoms with E-state index in [4.69, 9.17) is 16.7 Å². The van der Waals surface area contributed by atoms with Gasteiger partial charge in [-0.15, -0.1) is 0 Å². The van der Waals surface area contributed by atoms with Crippen molar-refractivity contribution in [2.45, 2.75) is 6.42 Å². The molecule has 8 heteroatoms. The average molecular weight is 295 g/mol. The molecular weight excluding hydrogens is 283 g/mol. The van der Waals surface area contributed by atoms with Gasteiger partial charge in [-0.25, -0.2) is 17.9 Å². The van der Waals surface area contributed by atoms with Gasteiger partial charge in [-0.1, -0.05) is 17.7 Å². The van der Waals surface area contributed by atoms with Crippen LogP contribution >= 0.6 is 11.6 Å². The maximum atomic E-state index is 13.1. The molecule has 0 saturated carbocycles. The maximum Gasteiger partial charge on any atom is 0.252 e. The van der Waals surface area contributed by atoms with Gasteiger partial charge < -0.3 is 5.32 Å². The zero-order valence-corrected chi connectivity index (χ0v) is 10.9. The van der Waals surface area contributed by atoms with Crippen LogP contribution in [0.25, 0.3) is 0 Å². The van der Waals surface area contributed by atoms with Gasteiger partial charge >= 0.3 is 0 Å². The minimum atomic E-state index is -3.54. The quantitative estimate of drug-likeness (QED) is 0.790. The van der Waals surface area contributed by atoms with E-state index in [9.17, 15) is 17.6 Å². The van der Waals surface area contributed by atoms with Crippen LogP contribution in [0.15, 0.2) is 18.2 Å². The molecule has 1 aromatic rings. The number of halogens is 2. The van der Waals surface area contributed by atoms with Crippen LogP contribution < -0.4 is 10.5 Å². The van der Waals surface area contributed by atoms with Crippen LogP contribution in [0.4, 0.5) is 4.39 Å². The predicted molar refractivity (Wildman–Crippen MR) is 66.3 cm³/mol. The Labute approximate surface area is 109 Å². The number of hydrogen-bond donors (Lipinski definition) is 2. The first kappa shape index (κ1) is 14.9. The zero-order chi connectivity index (χ0) is 13.8. The largest absolute Gasteiger partial charge is 0.352 e. The van der Waals surface area contributed by atoms with Gasteiger partial charge in [-0.3, -0.25) is 4.79 Å². The number of rotatable bonds is 5. The molecule has 0 atom stereocenters. The second-order valence-electron chi connectivity index (χ2n) is 3.58. The summed E-state index contributed by atoms with van der Waals surface area (Å²) in [5, 5.41) is 6.96. The van der Waals surface area contributed by atoms with Crippen LogP contribution in [0.3, 0.4) is 0 Å². The summed E-state index contributed by atoms with van der Waals surface area (Å²) in [5.41, 5.74) is 0.00673. The highest BCUT2D eigenvalue weighted by Crippen LogP contribution is 2.19. The van der Waals surface area contributed by atoms with Gasteiger partial charge in [0.2, 0.25) is 10.0 Å². The molecule has 0 aliphatic heterocycles. The van der Waals surface area contributed by atoms with Crippen molar-refractivity contribution in [3.8, 4) is 0 Å². The number of primary sulfonamides is 1. The molecule has 100 valence electrons. The summed E-state index contributed by atoms with van der Waals surface area (Å²) in [6.07, 6.45) is 0.178. The number of nitrogens with one attached hydrogen (secondary N) is 1. The first-order valence-corrected chi connectivity index (χ1v) is 7.13. The summed E-state index contributed by atoms with van der Waals surface area (Å²) in [4.78, 5) is 11.6. The Balaban J connectivity index is 2.54. The molecule has 0 aliphatic rings. The second-order valence-corrected chi connectivity index (χ2v) is 5.69. The third kappa shape index (κ3) is 4.59. The minimum absolute atomic E-state index is 0.00673. The third-order valence-electron chi connectivity index (χ3n) is 2.09. The van der Waals surface area contributed by atoms with Gasteiger partial charge in [-0.05, 0) is 18.6 Å². The first-order valence-electron chi connectivity index (χ1n) is 5.04. The molecule has 0 unspecified atom stereocenters. The highest BCUT2D eigenvalue weighted by atomic mass is 35.5. The molecule has 0 radical (unpaired) electrons. The van der Waals surface area contributed by atoms with Gasteiger partial charge in [0.25, 0.3) is 5.91 Å². The standard InChI is InChI=1S/C10H12ClFN2O3S/c11-9-7(3-1-4-8(9)12)10(15)14-5-2-6-18(13,16)17/h1,3-4H,2,5-6H2,(H,14,15)(H2,13,16,17). The molecule has 0 heterocycles. The van der Waals surface area contributed by atoms with Crippen molar-refractivity contribution in [1.29, 1.82) is 0 Å². The lowest BCUT2D eigenvalue weighted by Crippen LogP contribution is -2.27. The summed E-state index contributed by atoms with van der Waals surface area (Å²) in [6, 6.07) is 3.88. The molecule has 0 saturated heterocycles. The van der Waals surface area contributed by atoms with Crippen LogP contribution in [0, 0.1) is 5.82 Å². The molecule has 0 aliphatic carbocycles. The van der Waals surface area contributed by atoms with Crippen LogP contribution in [0.2, 0.25) is 5.02 Å². The molecule has 0 spiro atoms. The molecule has 18 heavy (non-hydrogen) atoms. The lowest BCUT2D eigenvalue weighted by atomic mass is 10.2. The van der Waals surface area contributed by atoms with Gasteiger partial charge in [0.05, 0.1) is 16.3 Å². The topological polar surface area (TPSA) is 89.3 Å². The van der Waals surface area contributed by atoms with Crippen LogP contribution in [-0.2, 0) is 10.0 Å². The molecule has 1 amide bonds. The fourth-order valence-corrected chi connectivity index (χ4v) is 2.01. The Kier molecular flexibility index (Phi) is 5.06. The Morgan fingerprint density at radius 2 is 2.11 bits per heavy atom. The van der Waals surface area contributed by atoms with E-state index in [0.29, 0.717) is 0 Å². The number of carbonyl (C=O) groups is 1. The Hall–Kier alpha value is -1.18. The molecule has 0 aromatic heterocycles. The van der Waals surface area contributed by atoms with Gasteiger partial charge in [0.15, 0.2) is 0 Å². The first-order chi connectivity index (χ1) is 8.31. The van der Waals surface area contributed by atoms with Crippen LogP contribution in [0.5, 0.6) is 0 Å². The van der Waals surface area contributed by atoms with Gasteiger partial charge in [0, 0.05) is 6.54 Å². The van der Waals surface area contributed by atoms with E-state index in [2.05, 4.69) is 5.32 Å². The van der Waals surface area contributed by atoms with Crippen LogP contribution in [-0.4, -0.2) is 26.6 Å². The van der Waals surface area contributed by atoms with E-state index in [-0.39, 0.29) is 29.3 Å². The normalized spacial score (nSPS) is 11.3. The predicted octanol–water partition coefficient (Wildman–Crippen LogP) is 0.888. The fourth-order valence-electron chi connectivity index (χ4n) is 1.25. The zero-order valence-electron chi connectivity index (χ0n) is 9.32. The van der Waals surface area contributed by atoms with E-state index in [0.717, 1.165) is 6.07 Å². The maximum absolute atomic E-state index is 13.1. The van der Waals surface area contributed by atoms with Crippen molar-refractivity contribution in [1.82, 2.24) is 5.32 Å². The summed E-state index contributed by atoms with van der Waals surface area (Å²) in [6.45, 7) is 0.113. The van der Waals surface area contributed by atoms with Crippen molar-refractivity contribution in [3.63, 3.8) is 0 Å². The summed E-state index contributed by atoms with van der Waals surface area (Å²) in [5.74, 6) is -1.48. The van der Waals surface area contributed by atoms with Crippen molar-refractivity contribution < 1.29 is 17.6 Å². The number of benzene rings is 1. The number of hydrogen-bond acceptors (Lipinski definition) is 3. The Morgan fingerprint density at radius 1 is 1.44 bits per heavy atom. The molecular formula is C10H12ClFN2O3S. The molecule has 1 rings (SSSR count). The number of amides is 1. The van der Waals surface area contributed by atoms with E-state index < -0.39 is 21.7 Å². The monoisotopic (exact) mass is 294 g/mol. The van der Waals surface area contributed by atoms with E-state index in [1.54, 1.807) is 0 Å². The Morgan fingerprint density at radius 3 is 2.72 bits per heavy atom. The smallest absolute Gasteiger partial charge is 0.252 e. The van der Waals surface area contributed by atoms with Crippen molar-refractivity contribution in [2.75, 3.05) is 12.3 Å². The van der Waals surface area contributed by atoms with Crippen molar-refractivity contribution in [3.05, 3.63) is 34.6 Å². The van der Waals surface area contributed by atoms with Crippen LogP contribution in [0.1, 0.15) is 16.8 Å². The van der Waals surface area contributed by atoms with Crippen molar-refractivity contribution in [2.24, 2.45) is 5.14 Å². The molecule has 0 fully saturated rings. The number of carbonyl (C=O) groups excluding carboxylic acids is 1. The molecule has 0 bridgehead atoms. The second kappa shape index (κ2) is 6.12. The number of nitrogens with two attached hydrogens (primary N) is 1. The summed E-state index contributed by atoms with van der Waals surface area (Å²) < 4.78 is 34.4. The number of sulfonamides is 1. The van der Waals surface area contributed by atoms with Gasteiger partial charge in [0.1, 0.15) is 5.82 Å². The molecule has 1 aromatic carbocycles. The minimum Gasteiger partial charge on any atom is -0.352 e. The highest BCUT2D eigenvalue weighted by Gasteiger charge is 2.13. The lowest BCUT2D eigenvalue weighted by Gasteiger charge is -2.06. The van der Waals surface area contributed by atoms with E-state index >= 15 is 0 Å². The highest BCUT2D eigenvalue weighted by molar-refractivity contribution is 7.89. The SMILES string of the molecule is NS(=O)(=O)CCCNC(=O)c1cccc(F)c1Cl. The lowest BCUT2D eigenvalue weighted by molar-refractivity contribution is 0.0953. The van der Waals surface area contributed by atoms with E-state index in [1.807, 2.05) is 0 Å². The van der Waals surface area contributed by atoms with Crippen molar-refractivity contribution >= 4 is 27.5 Å². The Bertz CT molecular complexity index is 548. The van der Waals surface area contributed by atoms with E-state index in [1.165, 1.54) is 12.1 Å². The average Bonchev–Trinajstić information content (AvgIpc) is 2.26. The summed E-state index contributed by atoms with van der Waals surface area (Å²) >= 11 is 5.62. The summed E-state index contributed by atoms with van der Waals surface area (Å²) in [7, 11) is -3.54. The third-order valence-corrected chi connectivity index (χ3v) is 3.33. The molecule has 3 N–H and O–H groups in total. The van der Waals surface area contributed by atoms with Gasteiger partial charge in [-0.2, -0.15) is 0 Å². The fraction of sp³-hybridized carbons (Fsp3) is 0.300.